The molecule has 0 amide bonds. The van der Waals surface area contributed by atoms with Gasteiger partial charge in [0.05, 0.1) is 24.7 Å². The molecule has 0 aromatic rings. The monoisotopic (exact) mass is 574 g/mol. The molecule has 3 aliphatic carbocycles. The lowest BCUT2D eigenvalue weighted by molar-refractivity contribution is -0.382. The minimum Gasteiger partial charge on any atom is -0.460 e. The number of aliphatic hydroxyl groups is 9. The van der Waals surface area contributed by atoms with E-state index in [4.69, 9.17) is 18.9 Å². The summed E-state index contributed by atoms with van der Waals surface area (Å²) in [5, 5.41) is 98.8. The molecule has 40 heavy (non-hydrogen) atoms. The molecule has 0 radical (unpaired) electrons. The van der Waals surface area contributed by atoms with Crippen molar-refractivity contribution in [3.8, 4) is 0 Å². The second-order valence-corrected chi connectivity index (χ2v) is 12.7. The molecule has 0 unspecified atom stereocenters. The topological polar surface area (TPSA) is 236 Å². The molecular formula is C26H38O14. The number of carbonyl (C=O) groups is 1. The molecule has 0 aromatic carbocycles. The van der Waals surface area contributed by atoms with E-state index in [9.17, 15) is 50.8 Å². The van der Waals surface area contributed by atoms with E-state index in [0.29, 0.717) is 5.57 Å². The van der Waals surface area contributed by atoms with Crippen LogP contribution in [0.15, 0.2) is 11.6 Å². The van der Waals surface area contributed by atoms with Crippen LogP contribution in [0, 0.1) is 28.6 Å². The van der Waals surface area contributed by atoms with Gasteiger partial charge >= 0.3 is 5.97 Å². The normalized spacial score (nSPS) is 60.9. The van der Waals surface area contributed by atoms with Crippen LogP contribution in [0.25, 0.3) is 0 Å². The fourth-order valence-corrected chi connectivity index (χ4v) is 9.18. The first-order valence-electron chi connectivity index (χ1n) is 13.6. The molecule has 9 N–H and O–H groups in total. The quantitative estimate of drug-likeness (QED) is 0.115. The fourth-order valence-electron chi connectivity index (χ4n) is 9.18. The Morgan fingerprint density at radius 1 is 1.05 bits per heavy atom. The molecule has 17 atom stereocenters. The van der Waals surface area contributed by atoms with E-state index in [-0.39, 0.29) is 13.0 Å². The van der Waals surface area contributed by atoms with Crippen molar-refractivity contribution in [2.45, 2.75) is 99.8 Å². The van der Waals surface area contributed by atoms with Crippen LogP contribution >= 0.6 is 0 Å². The van der Waals surface area contributed by atoms with Crippen LogP contribution < -0.4 is 0 Å². The Bertz CT molecular complexity index is 1100. The Kier molecular flexibility index (Phi) is 6.40. The van der Waals surface area contributed by atoms with E-state index >= 15 is 0 Å². The summed E-state index contributed by atoms with van der Waals surface area (Å²) in [6, 6.07) is 0. The largest absolute Gasteiger partial charge is 0.460 e. The van der Waals surface area contributed by atoms with E-state index in [2.05, 4.69) is 0 Å². The highest BCUT2D eigenvalue weighted by Crippen LogP contribution is 2.74. The highest BCUT2D eigenvalue weighted by atomic mass is 16.7. The number of esters is 1. The second-order valence-electron chi connectivity index (χ2n) is 12.7. The summed E-state index contributed by atoms with van der Waals surface area (Å²) in [7, 11) is 0. The zero-order chi connectivity index (χ0) is 29.3. The third-order valence-electron chi connectivity index (χ3n) is 11.2. The molecule has 6 rings (SSSR count). The maximum atomic E-state index is 12.8. The predicted octanol–water partition coefficient (Wildman–Crippen LogP) is -4.13. The van der Waals surface area contributed by atoms with Crippen LogP contribution in [0.4, 0.5) is 0 Å². The van der Waals surface area contributed by atoms with Crippen LogP contribution in [0.2, 0.25) is 0 Å². The maximum absolute atomic E-state index is 12.8. The molecule has 6 aliphatic rings. The van der Waals surface area contributed by atoms with Crippen LogP contribution in [-0.2, 0) is 23.7 Å². The van der Waals surface area contributed by atoms with Gasteiger partial charge in [-0.1, -0.05) is 25.5 Å². The van der Waals surface area contributed by atoms with Gasteiger partial charge in [-0.25, -0.2) is 4.79 Å². The lowest BCUT2D eigenvalue weighted by Crippen LogP contribution is -2.84. The van der Waals surface area contributed by atoms with Crippen molar-refractivity contribution < 1.29 is 69.7 Å². The number of fused-ring (bicyclic) bond motifs is 1. The summed E-state index contributed by atoms with van der Waals surface area (Å²) in [6.45, 7) is 3.71. The molecule has 5 fully saturated rings. The number of ether oxygens (including phenoxy) is 4. The summed E-state index contributed by atoms with van der Waals surface area (Å²) in [6.07, 6.45) is -13.8. The number of carbonyl (C=O) groups excluding carboxylic acids is 1. The van der Waals surface area contributed by atoms with Gasteiger partial charge in [0.25, 0.3) is 0 Å². The molecule has 0 aromatic heterocycles. The summed E-state index contributed by atoms with van der Waals surface area (Å²) in [5.74, 6) is -6.46. The minimum absolute atomic E-state index is 0.0994. The standard InChI is InChI=1S/C26H38O14/c1-8-4-11(38-21-16(30)15(29)14(28)12(6-27)39-21)18(32)23(3)10(8)5-13-24-7-37-26(36,22(23)24)17(31)9(2)25(24,35)19(33)20(34)40-13/h4,9-19,21-22,27-33,35-36H,5-7H2,1-3H3/t9-,10-,11-,12+,13+,14+,15-,16+,17+,18+,19-,21+,22+,23+,24+,25-,26-/m0/s1. The SMILES string of the molecule is CC1=C[C@H](O[C@@H]2O[C@H](CO)[C@@H](O)[C@H](O)[C@H]2O)[C@@H](O)[C@]2(C)[C@H]3[C@@]4(O)OC[C@@]35[C@@H](C[C@@H]12)OC(=O)[C@H](O)[C@@]5(O)[C@@H](C)[C@H]4O. The third-order valence-corrected chi connectivity index (χ3v) is 11.2. The smallest absolute Gasteiger partial charge is 0.338 e. The average molecular weight is 575 g/mol. The van der Waals surface area contributed by atoms with E-state index in [1.807, 2.05) is 0 Å². The molecule has 226 valence electrons. The van der Waals surface area contributed by atoms with E-state index in [1.54, 1.807) is 19.9 Å². The lowest BCUT2D eigenvalue weighted by atomic mass is 9.36. The van der Waals surface area contributed by atoms with Gasteiger partial charge < -0.3 is 64.9 Å². The van der Waals surface area contributed by atoms with Gasteiger partial charge in [-0.15, -0.1) is 0 Å². The van der Waals surface area contributed by atoms with Gasteiger partial charge in [0, 0.05) is 17.3 Å². The Balaban J connectivity index is 1.45. The molecule has 14 heteroatoms. The first-order valence-corrected chi connectivity index (χ1v) is 13.6. The molecule has 14 nitrogen and oxygen atoms in total. The van der Waals surface area contributed by atoms with Crippen molar-refractivity contribution in [2.75, 3.05) is 13.2 Å². The lowest BCUT2D eigenvalue weighted by Gasteiger charge is -2.71. The van der Waals surface area contributed by atoms with Crippen molar-refractivity contribution in [2.24, 2.45) is 28.6 Å². The third kappa shape index (κ3) is 3.11. The van der Waals surface area contributed by atoms with Crippen molar-refractivity contribution in [3.63, 3.8) is 0 Å². The van der Waals surface area contributed by atoms with E-state index in [1.165, 1.54) is 6.92 Å². The number of aliphatic hydroxyl groups excluding tert-OH is 7. The summed E-state index contributed by atoms with van der Waals surface area (Å²) >= 11 is 0. The first-order chi connectivity index (χ1) is 18.6. The summed E-state index contributed by atoms with van der Waals surface area (Å²) < 4.78 is 22.9. The van der Waals surface area contributed by atoms with Crippen molar-refractivity contribution >= 4 is 5.97 Å². The van der Waals surface area contributed by atoms with Crippen molar-refractivity contribution in [1.29, 1.82) is 0 Å². The number of allylic oxidation sites excluding steroid dienone is 1. The average Bonchev–Trinajstić information content (AvgIpc) is 3.24. The molecule has 3 saturated heterocycles. The Morgan fingerprint density at radius 2 is 1.73 bits per heavy atom. The zero-order valence-corrected chi connectivity index (χ0v) is 22.3. The van der Waals surface area contributed by atoms with Gasteiger partial charge in [-0.2, -0.15) is 0 Å². The molecular weight excluding hydrogens is 536 g/mol. The van der Waals surface area contributed by atoms with Gasteiger partial charge in [-0.3, -0.25) is 0 Å². The van der Waals surface area contributed by atoms with E-state index < -0.39 is 114 Å². The molecule has 2 saturated carbocycles. The van der Waals surface area contributed by atoms with Gasteiger partial charge in [0.2, 0.25) is 0 Å². The van der Waals surface area contributed by atoms with Gasteiger partial charge in [-0.05, 0) is 19.3 Å². The Labute approximate surface area is 229 Å². The van der Waals surface area contributed by atoms with Gasteiger partial charge in [0.1, 0.15) is 48.3 Å². The predicted molar refractivity (Wildman–Crippen MR) is 127 cm³/mol. The summed E-state index contributed by atoms with van der Waals surface area (Å²) in [4.78, 5) is 12.8. The number of hydrogen-bond donors (Lipinski definition) is 9. The van der Waals surface area contributed by atoms with Gasteiger partial charge in [0.15, 0.2) is 18.2 Å². The highest BCUT2D eigenvalue weighted by Gasteiger charge is 2.87. The molecule has 3 aliphatic heterocycles. The Morgan fingerprint density at radius 3 is 2.38 bits per heavy atom. The van der Waals surface area contributed by atoms with E-state index in [0.717, 1.165) is 0 Å². The van der Waals surface area contributed by atoms with Crippen LogP contribution in [0.3, 0.4) is 0 Å². The van der Waals surface area contributed by atoms with Crippen LogP contribution in [-0.4, -0.2) is 138 Å². The molecule has 3 heterocycles. The molecule has 2 bridgehead atoms. The minimum atomic E-state index is -2.31. The highest BCUT2D eigenvalue weighted by molar-refractivity contribution is 5.78. The zero-order valence-electron chi connectivity index (χ0n) is 22.3. The second kappa shape index (κ2) is 8.88. The van der Waals surface area contributed by atoms with Crippen LogP contribution in [0.1, 0.15) is 27.2 Å². The van der Waals surface area contributed by atoms with Crippen molar-refractivity contribution in [1.82, 2.24) is 0 Å². The van der Waals surface area contributed by atoms with Crippen LogP contribution in [0.5, 0.6) is 0 Å². The first kappa shape index (κ1) is 28.8. The van der Waals surface area contributed by atoms with Crippen molar-refractivity contribution in [3.05, 3.63) is 11.6 Å². The summed E-state index contributed by atoms with van der Waals surface area (Å²) in [5.41, 5.74) is -4.70. The Hall–Kier alpha value is -1.27. The molecule has 1 spiro atoms. The number of rotatable bonds is 3. The fraction of sp³-hybridized carbons (Fsp3) is 0.885. The maximum Gasteiger partial charge on any atom is 0.338 e. The number of hydrogen-bond acceptors (Lipinski definition) is 14.